The van der Waals surface area contributed by atoms with Crippen LogP contribution in [0, 0.1) is 5.92 Å². The number of fused-ring (bicyclic) bond motifs is 1. The maximum Gasteiger partial charge on any atom is 0.313 e. The lowest BCUT2D eigenvalue weighted by Gasteiger charge is -2.24. The second-order valence-corrected chi connectivity index (χ2v) is 6.52. The van der Waals surface area contributed by atoms with E-state index in [-0.39, 0.29) is 19.1 Å². The second-order valence-electron chi connectivity index (χ2n) is 6.08. The summed E-state index contributed by atoms with van der Waals surface area (Å²) in [6.07, 6.45) is 0.473. The molecule has 0 fully saturated rings. The number of halogens is 1. The van der Waals surface area contributed by atoms with Crippen molar-refractivity contribution in [2.45, 2.75) is 6.42 Å². The van der Waals surface area contributed by atoms with Crippen molar-refractivity contribution in [1.29, 1.82) is 0 Å². The number of esters is 1. The molecule has 7 heteroatoms. The molecular weight excluding hydrogens is 370 g/mol. The molecule has 142 valence electrons. The molecule has 0 bridgehead atoms. The highest BCUT2D eigenvalue weighted by Gasteiger charge is 2.27. The van der Waals surface area contributed by atoms with Gasteiger partial charge in [-0.3, -0.25) is 9.59 Å². The van der Waals surface area contributed by atoms with E-state index in [1.807, 2.05) is 30.3 Å². The van der Waals surface area contributed by atoms with Crippen LogP contribution in [0.4, 0.5) is 0 Å². The summed E-state index contributed by atoms with van der Waals surface area (Å²) < 4.78 is 16.1. The van der Waals surface area contributed by atoms with Crippen LogP contribution in [0.25, 0.3) is 0 Å². The second kappa shape index (κ2) is 9.28. The maximum atomic E-state index is 12.2. The van der Waals surface area contributed by atoms with Gasteiger partial charge in [0.15, 0.2) is 6.61 Å². The fraction of sp³-hybridized carbons (Fsp3) is 0.300. The number of carbonyl (C=O) groups is 2. The summed E-state index contributed by atoms with van der Waals surface area (Å²) in [4.78, 5) is 24.0. The fourth-order valence-electron chi connectivity index (χ4n) is 2.70. The number of benzene rings is 2. The van der Waals surface area contributed by atoms with Crippen molar-refractivity contribution in [3.8, 4) is 11.5 Å². The smallest absolute Gasteiger partial charge is 0.313 e. The Hall–Kier alpha value is -2.73. The lowest BCUT2D eigenvalue weighted by atomic mass is 9.97. The van der Waals surface area contributed by atoms with Crippen molar-refractivity contribution in [3.05, 3.63) is 59.1 Å². The molecule has 1 aliphatic heterocycles. The van der Waals surface area contributed by atoms with Gasteiger partial charge < -0.3 is 19.5 Å². The molecule has 1 atom stereocenters. The summed E-state index contributed by atoms with van der Waals surface area (Å²) in [7, 11) is 0. The minimum atomic E-state index is -0.462. The van der Waals surface area contributed by atoms with E-state index in [2.05, 4.69) is 5.32 Å². The van der Waals surface area contributed by atoms with Crippen molar-refractivity contribution in [2.24, 2.45) is 5.92 Å². The van der Waals surface area contributed by atoms with E-state index in [1.165, 1.54) is 0 Å². The van der Waals surface area contributed by atoms with Crippen LogP contribution in [-0.2, 0) is 20.7 Å². The zero-order valence-electron chi connectivity index (χ0n) is 14.7. The minimum Gasteiger partial charge on any atom is -0.492 e. The van der Waals surface area contributed by atoms with Gasteiger partial charge >= 0.3 is 5.97 Å². The molecule has 2 aromatic carbocycles. The van der Waals surface area contributed by atoms with Crippen LogP contribution >= 0.6 is 11.6 Å². The minimum absolute atomic E-state index is 0.222. The van der Waals surface area contributed by atoms with Crippen molar-refractivity contribution in [3.63, 3.8) is 0 Å². The zero-order valence-corrected chi connectivity index (χ0v) is 15.4. The Labute approximate surface area is 162 Å². The first-order chi connectivity index (χ1) is 13.1. The zero-order chi connectivity index (χ0) is 19.1. The van der Waals surface area contributed by atoms with Gasteiger partial charge in [-0.05, 0) is 42.3 Å². The van der Waals surface area contributed by atoms with E-state index in [9.17, 15) is 9.59 Å². The van der Waals surface area contributed by atoms with Crippen LogP contribution in [0.3, 0.4) is 0 Å². The average Bonchev–Trinajstić information content (AvgIpc) is 2.69. The lowest BCUT2D eigenvalue weighted by molar-refractivity contribution is -0.153. The van der Waals surface area contributed by atoms with Crippen LogP contribution in [-0.4, -0.2) is 38.2 Å². The van der Waals surface area contributed by atoms with Crippen LogP contribution in [0.1, 0.15) is 5.56 Å². The first-order valence-corrected chi connectivity index (χ1v) is 9.02. The summed E-state index contributed by atoms with van der Waals surface area (Å²) in [5.74, 6) is 0.164. The van der Waals surface area contributed by atoms with Gasteiger partial charge in [-0.25, -0.2) is 0 Å². The fourth-order valence-corrected chi connectivity index (χ4v) is 2.89. The molecule has 0 spiro atoms. The van der Waals surface area contributed by atoms with E-state index < -0.39 is 11.9 Å². The van der Waals surface area contributed by atoms with E-state index >= 15 is 0 Å². The third-order valence-corrected chi connectivity index (χ3v) is 4.28. The molecular formula is C20H20ClNO5. The number of para-hydroxylation sites is 1. The number of rotatable bonds is 7. The lowest BCUT2D eigenvalue weighted by Crippen LogP contribution is -2.35. The molecule has 27 heavy (non-hydrogen) atoms. The number of carbonyl (C=O) groups excluding carboxylic acids is 2. The topological polar surface area (TPSA) is 73.9 Å². The van der Waals surface area contributed by atoms with Gasteiger partial charge in [0.2, 0.25) is 0 Å². The molecule has 3 rings (SSSR count). The average molecular weight is 390 g/mol. The third-order valence-electron chi connectivity index (χ3n) is 4.04. The van der Waals surface area contributed by atoms with E-state index in [0.717, 1.165) is 17.1 Å². The molecule has 1 N–H and O–H groups in total. The number of nitrogens with one attached hydrogen (secondary N) is 1. The number of ether oxygens (including phenoxy) is 3. The summed E-state index contributed by atoms with van der Waals surface area (Å²) in [5, 5.41) is 3.23. The molecule has 1 amide bonds. The normalized spacial score (nSPS) is 15.2. The van der Waals surface area contributed by atoms with Gasteiger partial charge in [-0.1, -0.05) is 29.8 Å². The summed E-state index contributed by atoms with van der Waals surface area (Å²) in [6, 6.07) is 14.6. The Bertz CT molecular complexity index is 796. The van der Waals surface area contributed by atoms with Crippen molar-refractivity contribution < 1.29 is 23.8 Å². The highest BCUT2D eigenvalue weighted by Crippen LogP contribution is 2.30. The van der Waals surface area contributed by atoms with E-state index in [1.54, 1.807) is 18.2 Å². The molecule has 0 radical (unpaired) electrons. The van der Waals surface area contributed by atoms with Crippen molar-refractivity contribution in [2.75, 3.05) is 26.4 Å². The molecule has 1 aliphatic rings. The van der Waals surface area contributed by atoms with Crippen molar-refractivity contribution >= 4 is 23.5 Å². The predicted octanol–water partition coefficient (Wildman–Crippen LogP) is 2.63. The molecule has 0 aromatic heterocycles. The number of amides is 1. The Balaban J connectivity index is 1.36. The first kappa shape index (κ1) is 19.0. The molecule has 2 aromatic rings. The molecule has 0 saturated carbocycles. The van der Waals surface area contributed by atoms with Gasteiger partial charge in [-0.2, -0.15) is 0 Å². The highest BCUT2D eigenvalue weighted by atomic mass is 35.5. The van der Waals surface area contributed by atoms with Gasteiger partial charge in [0.25, 0.3) is 5.91 Å². The van der Waals surface area contributed by atoms with Gasteiger partial charge in [-0.15, -0.1) is 0 Å². The first-order valence-electron chi connectivity index (χ1n) is 8.64. The van der Waals surface area contributed by atoms with E-state index in [0.29, 0.717) is 24.6 Å². The number of hydrogen-bond donors (Lipinski definition) is 1. The molecule has 0 aliphatic carbocycles. The molecule has 0 saturated heterocycles. The quantitative estimate of drug-likeness (QED) is 0.582. The largest absolute Gasteiger partial charge is 0.492 e. The molecule has 6 nitrogen and oxygen atoms in total. The van der Waals surface area contributed by atoms with E-state index in [4.69, 9.17) is 25.8 Å². The Kier molecular flexibility index (Phi) is 6.54. The standard InChI is InChI=1S/C20H20ClNO5/c21-16-6-7-18-14(11-16)10-15(12-26-18)20(24)27-13-19(23)22-8-9-25-17-4-2-1-3-5-17/h1-7,11,15H,8-10,12-13H2,(H,22,23)/t15-/m0/s1. The van der Waals surface area contributed by atoms with Gasteiger partial charge in [0.1, 0.15) is 24.7 Å². The molecule has 0 unspecified atom stereocenters. The van der Waals surface area contributed by atoms with Crippen LogP contribution in [0.5, 0.6) is 11.5 Å². The monoisotopic (exact) mass is 389 g/mol. The Morgan fingerprint density at radius 3 is 2.81 bits per heavy atom. The number of hydrogen-bond acceptors (Lipinski definition) is 5. The maximum absolute atomic E-state index is 12.2. The van der Waals surface area contributed by atoms with Crippen molar-refractivity contribution in [1.82, 2.24) is 5.32 Å². The molecule has 1 heterocycles. The Morgan fingerprint density at radius 2 is 2.00 bits per heavy atom. The van der Waals surface area contributed by atoms with Gasteiger partial charge in [0.05, 0.1) is 12.5 Å². The third kappa shape index (κ3) is 5.62. The van der Waals surface area contributed by atoms with Crippen LogP contribution < -0.4 is 14.8 Å². The summed E-state index contributed by atoms with van der Waals surface area (Å²) >= 11 is 5.97. The summed E-state index contributed by atoms with van der Waals surface area (Å²) in [5.41, 5.74) is 0.859. The van der Waals surface area contributed by atoms with Crippen LogP contribution in [0.2, 0.25) is 5.02 Å². The predicted molar refractivity (Wildman–Crippen MR) is 100 cm³/mol. The SMILES string of the molecule is O=C(COC(=O)[C@@H]1COc2ccc(Cl)cc2C1)NCCOc1ccccc1. The summed E-state index contributed by atoms with van der Waals surface area (Å²) in [6.45, 7) is 0.546. The highest BCUT2D eigenvalue weighted by molar-refractivity contribution is 6.30. The van der Waals surface area contributed by atoms with Crippen LogP contribution in [0.15, 0.2) is 48.5 Å². The Morgan fingerprint density at radius 1 is 1.19 bits per heavy atom. The van der Waals surface area contributed by atoms with Gasteiger partial charge in [0, 0.05) is 5.02 Å².